The molecule has 0 bridgehead atoms. The molecule has 1 aromatic heterocycles. The highest BCUT2D eigenvalue weighted by atomic mass is 16.2. The number of carbonyl (C=O) groups excluding carboxylic acids is 1. The highest BCUT2D eigenvalue weighted by molar-refractivity contribution is 5.94. The zero-order valence-corrected chi connectivity index (χ0v) is 15.1. The normalized spacial score (nSPS) is 14.5. The highest BCUT2D eigenvalue weighted by Crippen LogP contribution is 2.18. The van der Waals surface area contributed by atoms with Crippen LogP contribution in [-0.4, -0.2) is 53.5 Å². The summed E-state index contributed by atoms with van der Waals surface area (Å²) < 4.78 is 0. The number of nitrogens with one attached hydrogen (secondary N) is 1. The number of carbonyl (C=O) groups is 1. The number of piperazine rings is 1. The minimum Gasteiger partial charge on any atom is -0.354 e. The van der Waals surface area contributed by atoms with Crippen molar-refractivity contribution in [3.63, 3.8) is 0 Å². The van der Waals surface area contributed by atoms with Gasteiger partial charge >= 0.3 is 0 Å². The van der Waals surface area contributed by atoms with Crippen LogP contribution in [0.1, 0.15) is 28.5 Å². The second-order valence-corrected chi connectivity index (χ2v) is 6.37. The van der Waals surface area contributed by atoms with Crippen LogP contribution in [0.2, 0.25) is 0 Å². The van der Waals surface area contributed by atoms with Gasteiger partial charge in [0.2, 0.25) is 5.95 Å². The molecule has 0 saturated carbocycles. The number of hydrogen-bond acceptors (Lipinski definition) is 5. The van der Waals surface area contributed by atoms with Gasteiger partial charge in [-0.3, -0.25) is 4.79 Å². The summed E-state index contributed by atoms with van der Waals surface area (Å²) in [5.41, 5.74) is 2.86. The summed E-state index contributed by atoms with van der Waals surface area (Å²) in [7, 11) is 0. The fraction of sp³-hybridized carbons (Fsp3) is 0.421. The van der Waals surface area contributed by atoms with E-state index in [1.165, 1.54) is 0 Å². The zero-order chi connectivity index (χ0) is 17.8. The second-order valence-electron chi connectivity index (χ2n) is 6.37. The molecule has 0 aliphatic carbocycles. The minimum atomic E-state index is 0.104. The number of benzene rings is 1. The lowest BCUT2D eigenvalue weighted by atomic mass is 10.1. The fourth-order valence-electron chi connectivity index (χ4n) is 2.97. The lowest BCUT2D eigenvalue weighted by molar-refractivity contribution is 0.0746. The van der Waals surface area contributed by atoms with E-state index in [-0.39, 0.29) is 5.91 Å². The van der Waals surface area contributed by atoms with E-state index in [0.29, 0.717) is 19.0 Å². The maximum Gasteiger partial charge on any atom is 0.253 e. The lowest BCUT2D eigenvalue weighted by Crippen LogP contribution is -2.49. The van der Waals surface area contributed by atoms with Gasteiger partial charge in [-0.05, 0) is 32.9 Å². The first-order valence-electron chi connectivity index (χ1n) is 8.77. The van der Waals surface area contributed by atoms with Crippen molar-refractivity contribution in [2.24, 2.45) is 0 Å². The van der Waals surface area contributed by atoms with E-state index in [1.54, 1.807) is 0 Å². The van der Waals surface area contributed by atoms with Crippen molar-refractivity contribution >= 4 is 17.7 Å². The molecule has 1 saturated heterocycles. The summed E-state index contributed by atoms with van der Waals surface area (Å²) >= 11 is 0. The van der Waals surface area contributed by atoms with E-state index in [1.807, 2.05) is 56.0 Å². The van der Waals surface area contributed by atoms with Crippen molar-refractivity contribution in [2.75, 3.05) is 42.9 Å². The molecule has 2 aromatic rings. The molecule has 2 heterocycles. The minimum absolute atomic E-state index is 0.104. The summed E-state index contributed by atoms with van der Waals surface area (Å²) in [5.74, 6) is 1.69. The Kier molecular flexibility index (Phi) is 5.16. The topological polar surface area (TPSA) is 61.4 Å². The van der Waals surface area contributed by atoms with Crippen LogP contribution in [0.3, 0.4) is 0 Å². The van der Waals surface area contributed by atoms with Crippen LogP contribution in [0, 0.1) is 13.8 Å². The van der Waals surface area contributed by atoms with Gasteiger partial charge in [-0.25, -0.2) is 4.98 Å². The standard InChI is InChI=1S/C19H25N5O/c1-4-20-19-21-15(3)13-17(22-19)23-9-11-24(12-10-23)18(25)16-7-5-14(2)6-8-16/h5-8,13H,4,9-12H2,1-3H3,(H,20,21,22). The lowest BCUT2D eigenvalue weighted by Gasteiger charge is -2.35. The summed E-state index contributed by atoms with van der Waals surface area (Å²) in [5, 5.41) is 3.17. The molecule has 3 rings (SSSR count). The summed E-state index contributed by atoms with van der Waals surface area (Å²) in [6, 6.07) is 9.77. The Morgan fingerprint density at radius 3 is 2.40 bits per heavy atom. The molecule has 0 spiro atoms. The maximum absolute atomic E-state index is 12.6. The Hall–Kier alpha value is -2.63. The first kappa shape index (κ1) is 17.2. The zero-order valence-electron chi connectivity index (χ0n) is 15.1. The third kappa shape index (κ3) is 4.07. The quantitative estimate of drug-likeness (QED) is 0.927. The first-order chi connectivity index (χ1) is 12.1. The number of nitrogens with zero attached hydrogens (tertiary/aromatic N) is 4. The number of anilines is 2. The van der Waals surface area contributed by atoms with Gasteiger partial charge in [0.1, 0.15) is 5.82 Å². The predicted molar refractivity (Wildman–Crippen MR) is 100 cm³/mol. The van der Waals surface area contributed by atoms with Crippen LogP contribution in [0.15, 0.2) is 30.3 Å². The molecule has 132 valence electrons. The van der Waals surface area contributed by atoms with E-state index in [0.717, 1.165) is 42.3 Å². The van der Waals surface area contributed by atoms with E-state index < -0.39 is 0 Å². The van der Waals surface area contributed by atoms with Gasteiger partial charge in [0, 0.05) is 50.0 Å². The van der Waals surface area contributed by atoms with Crippen molar-refractivity contribution in [3.05, 3.63) is 47.2 Å². The smallest absolute Gasteiger partial charge is 0.253 e. The van der Waals surface area contributed by atoms with Crippen LogP contribution >= 0.6 is 0 Å². The number of amides is 1. The third-order valence-electron chi connectivity index (χ3n) is 4.36. The number of aromatic nitrogens is 2. The number of aryl methyl sites for hydroxylation is 2. The van der Waals surface area contributed by atoms with Gasteiger partial charge in [-0.1, -0.05) is 17.7 Å². The fourth-order valence-corrected chi connectivity index (χ4v) is 2.97. The van der Waals surface area contributed by atoms with Crippen molar-refractivity contribution in [1.29, 1.82) is 0 Å². The van der Waals surface area contributed by atoms with Gasteiger partial charge < -0.3 is 15.1 Å². The molecular formula is C19H25N5O. The van der Waals surface area contributed by atoms with Gasteiger partial charge in [0.25, 0.3) is 5.91 Å². The Balaban J connectivity index is 1.65. The van der Waals surface area contributed by atoms with Crippen LogP contribution < -0.4 is 10.2 Å². The number of hydrogen-bond donors (Lipinski definition) is 1. The largest absolute Gasteiger partial charge is 0.354 e. The predicted octanol–water partition coefficient (Wildman–Crippen LogP) is 2.49. The Morgan fingerprint density at radius 2 is 1.76 bits per heavy atom. The molecule has 1 amide bonds. The van der Waals surface area contributed by atoms with E-state index >= 15 is 0 Å². The molecule has 1 aliphatic heterocycles. The molecule has 0 unspecified atom stereocenters. The van der Waals surface area contributed by atoms with Crippen LogP contribution in [0.5, 0.6) is 0 Å². The average Bonchev–Trinajstić information content (AvgIpc) is 2.62. The van der Waals surface area contributed by atoms with Crippen LogP contribution in [0.25, 0.3) is 0 Å². The monoisotopic (exact) mass is 339 g/mol. The Bertz CT molecular complexity index is 736. The van der Waals surface area contributed by atoms with Crippen molar-refractivity contribution in [1.82, 2.24) is 14.9 Å². The van der Waals surface area contributed by atoms with Crippen molar-refractivity contribution in [3.8, 4) is 0 Å². The maximum atomic E-state index is 12.6. The summed E-state index contributed by atoms with van der Waals surface area (Å²) in [6.45, 7) is 9.78. The summed E-state index contributed by atoms with van der Waals surface area (Å²) in [4.78, 5) is 25.7. The molecule has 1 aliphatic rings. The van der Waals surface area contributed by atoms with Crippen LogP contribution in [0.4, 0.5) is 11.8 Å². The average molecular weight is 339 g/mol. The third-order valence-corrected chi connectivity index (χ3v) is 4.36. The molecule has 1 fully saturated rings. The van der Waals surface area contributed by atoms with Crippen LogP contribution in [-0.2, 0) is 0 Å². The first-order valence-corrected chi connectivity index (χ1v) is 8.77. The van der Waals surface area contributed by atoms with Gasteiger partial charge in [-0.15, -0.1) is 0 Å². The molecule has 6 heteroatoms. The number of rotatable bonds is 4. The summed E-state index contributed by atoms with van der Waals surface area (Å²) in [6.07, 6.45) is 0. The van der Waals surface area contributed by atoms with E-state index in [2.05, 4.69) is 20.2 Å². The van der Waals surface area contributed by atoms with Gasteiger partial charge in [0.15, 0.2) is 0 Å². The second kappa shape index (κ2) is 7.51. The Labute approximate surface area is 148 Å². The molecule has 6 nitrogen and oxygen atoms in total. The molecule has 0 atom stereocenters. The van der Waals surface area contributed by atoms with E-state index in [9.17, 15) is 4.79 Å². The molecule has 1 N–H and O–H groups in total. The molecule has 25 heavy (non-hydrogen) atoms. The van der Waals surface area contributed by atoms with Gasteiger partial charge in [0.05, 0.1) is 0 Å². The van der Waals surface area contributed by atoms with E-state index in [4.69, 9.17) is 0 Å². The van der Waals surface area contributed by atoms with Gasteiger partial charge in [-0.2, -0.15) is 4.98 Å². The molecular weight excluding hydrogens is 314 g/mol. The molecule has 1 aromatic carbocycles. The Morgan fingerprint density at radius 1 is 1.08 bits per heavy atom. The molecule has 0 radical (unpaired) electrons. The highest BCUT2D eigenvalue weighted by Gasteiger charge is 2.23. The van der Waals surface area contributed by atoms with Crippen molar-refractivity contribution < 1.29 is 4.79 Å². The SMILES string of the molecule is CCNc1nc(C)cc(N2CCN(C(=O)c3ccc(C)cc3)CC2)n1. The van der Waals surface area contributed by atoms with Crippen molar-refractivity contribution in [2.45, 2.75) is 20.8 Å².